The van der Waals surface area contributed by atoms with Crippen LogP contribution in [0.4, 0.5) is 0 Å². The number of likely N-dealkylation sites (N-methyl/N-ethyl adjacent to an activating group) is 1. The highest BCUT2D eigenvalue weighted by Gasteiger charge is 2.27. The Morgan fingerprint density at radius 2 is 0.824 bits per heavy atom. The fourth-order valence-electron chi connectivity index (χ4n) is 9.05. The molecule has 0 aromatic rings. The van der Waals surface area contributed by atoms with E-state index in [0.717, 1.165) is 64.2 Å². The molecule has 1 amide bonds. The standard InChI is InChI=1S/C65H121N2O6P/c1-6-8-10-12-14-16-18-20-22-24-26-27-28-29-30-31-32-33-34-35-36-37-38-39-41-43-45-47-49-51-53-55-57-59-65(69)66-63(62-73-74(70,71)72-61-60-67(3,4)5)64(68)58-56-54-52-50-48-46-44-42-40-25-23-21-19-17-15-13-11-9-7-2/h8,10,14,16,20,22,26-27,48,50,56,58,63-64,68H,6-7,9,11-13,15,17-19,21,23-25,28-47,49,51-55,57,59-62H2,1-5H3,(H-,66,69,70,71)/p+1/b10-8-,16-14-,22-20-,27-26-,50-48+,58-56+. The number of allylic oxidation sites excluding steroid dienone is 11. The molecule has 432 valence electrons. The first kappa shape index (κ1) is 71.9. The van der Waals surface area contributed by atoms with Crippen LogP contribution in [0.1, 0.15) is 284 Å². The van der Waals surface area contributed by atoms with Crippen LogP contribution in [0.25, 0.3) is 0 Å². The topological polar surface area (TPSA) is 105 Å². The molecule has 0 aromatic carbocycles. The van der Waals surface area contributed by atoms with Crippen molar-refractivity contribution in [1.29, 1.82) is 0 Å². The maximum absolute atomic E-state index is 13.0. The maximum Gasteiger partial charge on any atom is 0.472 e. The minimum Gasteiger partial charge on any atom is -0.387 e. The number of carbonyl (C=O) groups is 1. The molecule has 0 spiro atoms. The fraction of sp³-hybridized carbons (Fsp3) is 0.800. The Balaban J connectivity index is 4.09. The van der Waals surface area contributed by atoms with Crippen LogP contribution in [0.3, 0.4) is 0 Å². The van der Waals surface area contributed by atoms with Gasteiger partial charge in [-0.05, 0) is 70.6 Å². The average Bonchev–Trinajstić information content (AvgIpc) is 3.36. The van der Waals surface area contributed by atoms with E-state index in [1.807, 2.05) is 27.2 Å². The summed E-state index contributed by atoms with van der Waals surface area (Å²) < 4.78 is 23.7. The number of phosphoric ester groups is 1. The summed E-state index contributed by atoms with van der Waals surface area (Å²) in [7, 11) is 1.56. The van der Waals surface area contributed by atoms with Gasteiger partial charge in [0.15, 0.2) is 0 Å². The van der Waals surface area contributed by atoms with Gasteiger partial charge in [0.25, 0.3) is 0 Å². The van der Waals surface area contributed by atoms with Crippen molar-refractivity contribution < 1.29 is 32.9 Å². The molecule has 0 aromatic heterocycles. The Morgan fingerprint density at radius 3 is 1.24 bits per heavy atom. The van der Waals surface area contributed by atoms with Crippen molar-refractivity contribution in [2.45, 2.75) is 296 Å². The third-order valence-corrected chi connectivity index (χ3v) is 14.9. The number of carbonyl (C=O) groups excluding carboxylic acids is 1. The second-order valence-electron chi connectivity index (χ2n) is 22.4. The van der Waals surface area contributed by atoms with Crippen LogP contribution < -0.4 is 5.32 Å². The number of hydrogen-bond acceptors (Lipinski definition) is 5. The summed E-state index contributed by atoms with van der Waals surface area (Å²) in [5.74, 6) is -0.184. The van der Waals surface area contributed by atoms with E-state index < -0.39 is 20.0 Å². The average molecular weight is 1060 g/mol. The maximum atomic E-state index is 13.0. The van der Waals surface area contributed by atoms with E-state index in [1.165, 1.54) is 199 Å². The summed E-state index contributed by atoms with van der Waals surface area (Å²) in [4.78, 5) is 23.3. The molecule has 8 nitrogen and oxygen atoms in total. The van der Waals surface area contributed by atoms with Crippen LogP contribution in [0.2, 0.25) is 0 Å². The van der Waals surface area contributed by atoms with Crippen LogP contribution >= 0.6 is 7.82 Å². The van der Waals surface area contributed by atoms with Gasteiger partial charge in [-0.2, -0.15) is 0 Å². The summed E-state index contributed by atoms with van der Waals surface area (Å²) >= 11 is 0. The molecular formula is C65H122N2O6P+. The van der Waals surface area contributed by atoms with Gasteiger partial charge in [0.1, 0.15) is 13.2 Å². The highest BCUT2D eigenvalue weighted by Crippen LogP contribution is 2.43. The highest BCUT2D eigenvalue weighted by atomic mass is 31.2. The molecule has 0 saturated carbocycles. The van der Waals surface area contributed by atoms with E-state index in [1.54, 1.807) is 6.08 Å². The van der Waals surface area contributed by atoms with E-state index >= 15 is 0 Å². The highest BCUT2D eigenvalue weighted by molar-refractivity contribution is 7.47. The van der Waals surface area contributed by atoms with Crippen molar-refractivity contribution in [3.8, 4) is 0 Å². The number of phosphoric acid groups is 1. The lowest BCUT2D eigenvalue weighted by Gasteiger charge is -2.25. The van der Waals surface area contributed by atoms with E-state index in [4.69, 9.17) is 9.05 Å². The van der Waals surface area contributed by atoms with Crippen LogP contribution in [0.5, 0.6) is 0 Å². The first-order valence-corrected chi connectivity index (χ1v) is 32.8. The monoisotopic (exact) mass is 1060 g/mol. The number of quaternary nitrogens is 1. The van der Waals surface area contributed by atoms with Crippen LogP contribution in [0.15, 0.2) is 72.9 Å². The van der Waals surface area contributed by atoms with Crippen LogP contribution in [0, 0.1) is 0 Å². The largest absolute Gasteiger partial charge is 0.472 e. The van der Waals surface area contributed by atoms with Gasteiger partial charge in [-0.1, -0.05) is 279 Å². The zero-order chi connectivity index (χ0) is 54.2. The predicted octanol–water partition coefficient (Wildman–Crippen LogP) is 19.4. The van der Waals surface area contributed by atoms with E-state index in [-0.39, 0.29) is 19.1 Å². The van der Waals surface area contributed by atoms with E-state index in [9.17, 15) is 19.4 Å². The van der Waals surface area contributed by atoms with Crippen LogP contribution in [-0.4, -0.2) is 73.4 Å². The summed E-state index contributed by atoms with van der Waals surface area (Å²) in [5.41, 5.74) is 0. The smallest absolute Gasteiger partial charge is 0.387 e. The third kappa shape index (κ3) is 57.6. The zero-order valence-electron chi connectivity index (χ0n) is 49.3. The van der Waals surface area contributed by atoms with Crippen molar-refractivity contribution in [2.75, 3.05) is 40.9 Å². The minimum atomic E-state index is -4.36. The summed E-state index contributed by atoms with van der Waals surface area (Å²) in [6, 6.07) is -0.865. The number of nitrogens with zero attached hydrogens (tertiary/aromatic N) is 1. The molecule has 0 heterocycles. The quantitative estimate of drug-likeness (QED) is 0.0243. The number of rotatable bonds is 57. The molecule has 3 unspecified atom stereocenters. The summed E-state index contributed by atoms with van der Waals surface area (Å²) in [5, 5.41) is 13.9. The second-order valence-corrected chi connectivity index (χ2v) is 23.8. The van der Waals surface area contributed by atoms with E-state index in [2.05, 4.69) is 79.9 Å². The molecule has 0 fully saturated rings. The van der Waals surface area contributed by atoms with Gasteiger partial charge in [-0.15, -0.1) is 0 Å². The molecule has 0 aliphatic rings. The molecule has 74 heavy (non-hydrogen) atoms. The molecule has 0 aliphatic carbocycles. The van der Waals surface area contributed by atoms with Gasteiger partial charge in [0, 0.05) is 6.42 Å². The van der Waals surface area contributed by atoms with Crippen LogP contribution in [-0.2, 0) is 18.4 Å². The summed E-state index contributed by atoms with van der Waals surface area (Å²) in [6.45, 7) is 4.71. The minimum absolute atomic E-state index is 0.0557. The Bertz CT molecular complexity index is 1430. The SMILES string of the molecule is CC/C=C\C/C=C\C/C=C\C/C=C\CCCCCCCCCCCCCCCCCCCCCCC(=O)NC(COP(=O)(O)OCC[N+](C)(C)C)C(O)/C=C/CC/C=C/CCCCCCCCCCCCCCC. The molecule has 9 heteroatoms. The van der Waals surface area contributed by atoms with Gasteiger partial charge in [0.05, 0.1) is 39.9 Å². The van der Waals surface area contributed by atoms with Crippen molar-refractivity contribution in [3.05, 3.63) is 72.9 Å². The zero-order valence-corrected chi connectivity index (χ0v) is 50.2. The first-order chi connectivity index (χ1) is 36.0. The normalized spacial score (nSPS) is 14.3. The molecule has 0 saturated heterocycles. The van der Waals surface area contributed by atoms with Crippen molar-refractivity contribution in [3.63, 3.8) is 0 Å². The third-order valence-electron chi connectivity index (χ3n) is 13.9. The Kier molecular flexibility index (Phi) is 54.1. The lowest BCUT2D eigenvalue weighted by atomic mass is 10.0. The Morgan fingerprint density at radius 1 is 0.473 bits per heavy atom. The number of nitrogens with one attached hydrogen (secondary N) is 1. The Hall–Kier alpha value is -2.06. The van der Waals surface area contributed by atoms with Crippen molar-refractivity contribution in [2.24, 2.45) is 0 Å². The lowest BCUT2D eigenvalue weighted by molar-refractivity contribution is -0.870. The van der Waals surface area contributed by atoms with Crippen molar-refractivity contribution >= 4 is 13.7 Å². The molecule has 0 bridgehead atoms. The molecule has 3 atom stereocenters. The van der Waals surface area contributed by atoms with Gasteiger partial charge >= 0.3 is 7.82 Å². The summed E-state index contributed by atoms with van der Waals surface area (Å²) in [6.07, 6.45) is 77.4. The molecular weight excluding hydrogens is 936 g/mol. The second kappa shape index (κ2) is 55.7. The Labute approximate surface area is 459 Å². The lowest BCUT2D eigenvalue weighted by Crippen LogP contribution is -2.45. The molecule has 0 radical (unpaired) electrons. The number of aliphatic hydroxyl groups excluding tert-OH is 1. The number of amides is 1. The van der Waals surface area contributed by atoms with Gasteiger partial charge in [0.2, 0.25) is 5.91 Å². The van der Waals surface area contributed by atoms with Gasteiger partial charge in [-0.25, -0.2) is 4.57 Å². The molecule has 0 aliphatic heterocycles. The number of hydrogen-bond donors (Lipinski definition) is 3. The first-order valence-electron chi connectivity index (χ1n) is 31.3. The fourth-order valence-corrected chi connectivity index (χ4v) is 9.79. The predicted molar refractivity (Wildman–Crippen MR) is 323 cm³/mol. The number of unbranched alkanes of at least 4 members (excludes halogenated alkanes) is 34. The van der Waals surface area contributed by atoms with Crippen molar-refractivity contribution in [1.82, 2.24) is 5.32 Å². The van der Waals surface area contributed by atoms with E-state index in [0.29, 0.717) is 17.4 Å². The van der Waals surface area contributed by atoms with Gasteiger partial charge < -0.3 is 19.8 Å². The molecule has 3 N–H and O–H groups in total. The number of aliphatic hydroxyl groups is 1. The van der Waals surface area contributed by atoms with Gasteiger partial charge in [-0.3, -0.25) is 13.8 Å². The molecule has 0 rings (SSSR count).